The molecule has 0 atom stereocenters. The van der Waals surface area contributed by atoms with E-state index in [1.54, 1.807) is 18.3 Å². The molecule has 0 amide bonds. The van der Waals surface area contributed by atoms with E-state index in [1.807, 2.05) is 6.92 Å². The Morgan fingerprint density at radius 2 is 2.18 bits per heavy atom. The van der Waals surface area contributed by atoms with Crippen LogP contribution < -0.4 is 10.5 Å². The lowest BCUT2D eigenvalue weighted by Crippen LogP contribution is -1.97. The van der Waals surface area contributed by atoms with E-state index >= 15 is 0 Å². The Morgan fingerprint density at radius 3 is 2.88 bits per heavy atom. The van der Waals surface area contributed by atoms with Gasteiger partial charge < -0.3 is 10.5 Å². The summed E-state index contributed by atoms with van der Waals surface area (Å²) in [5.74, 6) is -0.465. The lowest BCUT2D eigenvalue weighted by atomic mass is 10.3. The number of ether oxygens (including phenoxy) is 1. The summed E-state index contributed by atoms with van der Waals surface area (Å²) in [5.41, 5.74) is 6.97. The van der Waals surface area contributed by atoms with E-state index in [2.05, 4.69) is 4.98 Å². The van der Waals surface area contributed by atoms with E-state index in [9.17, 15) is 4.39 Å². The molecule has 1 aromatic heterocycles. The fraction of sp³-hybridized carbons (Fsp3) is 0.0833. The molecule has 88 valence electrons. The predicted octanol–water partition coefficient (Wildman–Crippen LogP) is 3.56. The van der Waals surface area contributed by atoms with E-state index < -0.39 is 5.82 Å². The minimum Gasteiger partial charge on any atom is -0.434 e. The minimum absolute atomic E-state index is 0.000512. The molecule has 0 spiro atoms. The van der Waals surface area contributed by atoms with Crippen molar-refractivity contribution in [3.63, 3.8) is 0 Å². The summed E-state index contributed by atoms with van der Waals surface area (Å²) in [7, 11) is 0. The normalized spacial score (nSPS) is 10.3. The van der Waals surface area contributed by atoms with Crippen LogP contribution >= 0.6 is 11.6 Å². The van der Waals surface area contributed by atoms with Crippen molar-refractivity contribution >= 4 is 17.3 Å². The molecule has 0 radical (unpaired) electrons. The van der Waals surface area contributed by atoms with Crippen LogP contribution in [0, 0.1) is 12.7 Å². The van der Waals surface area contributed by atoms with Crippen molar-refractivity contribution in [1.29, 1.82) is 0 Å². The van der Waals surface area contributed by atoms with Crippen LogP contribution in [0.15, 0.2) is 30.5 Å². The smallest absolute Gasteiger partial charge is 0.242 e. The molecule has 2 aromatic rings. The summed E-state index contributed by atoms with van der Waals surface area (Å²) < 4.78 is 18.9. The van der Waals surface area contributed by atoms with E-state index in [4.69, 9.17) is 22.1 Å². The van der Waals surface area contributed by atoms with E-state index in [0.717, 1.165) is 5.56 Å². The van der Waals surface area contributed by atoms with Gasteiger partial charge in [0.1, 0.15) is 0 Å². The standard InChI is InChI=1S/C12H10ClFN2O/c1-7-5-9(15)12(16-6-7)17-10-4-2-3-8(13)11(10)14/h2-6H,15H2,1H3. The Kier molecular flexibility index (Phi) is 3.15. The number of rotatable bonds is 2. The Morgan fingerprint density at radius 1 is 1.41 bits per heavy atom. The third kappa shape index (κ3) is 2.47. The number of anilines is 1. The molecule has 0 aliphatic carbocycles. The second-order valence-electron chi connectivity index (χ2n) is 3.56. The first-order valence-corrected chi connectivity index (χ1v) is 5.29. The highest BCUT2D eigenvalue weighted by Crippen LogP contribution is 2.30. The van der Waals surface area contributed by atoms with Gasteiger partial charge in [-0.25, -0.2) is 9.37 Å². The minimum atomic E-state index is -0.629. The van der Waals surface area contributed by atoms with Crippen molar-refractivity contribution < 1.29 is 9.13 Å². The summed E-state index contributed by atoms with van der Waals surface area (Å²) in [6.07, 6.45) is 1.59. The molecular formula is C12H10ClFN2O. The van der Waals surface area contributed by atoms with Gasteiger partial charge in [-0.05, 0) is 30.7 Å². The van der Waals surface area contributed by atoms with Gasteiger partial charge in [0.15, 0.2) is 11.6 Å². The van der Waals surface area contributed by atoms with E-state index in [0.29, 0.717) is 5.69 Å². The van der Waals surface area contributed by atoms with Crippen LogP contribution in [0.1, 0.15) is 5.56 Å². The molecule has 3 nitrogen and oxygen atoms in total. The maximum atomic E-state index is 13.6. The number of nitrogens with two attached hydrogens (primary N) is 1. The largest absolute Gasteiger partial charge is 0.434 e. The molecular weight excluding hydrogens is 243 g/mol. The van der Waals surface area contributed by atoms with Crippen LogP contribution in [0.5, 0.6) is 11.6 Å². The third-order valence-corrected chi connectivity index (χ3v) is 2.43. The lowest BCUT2D eigenvalue weighted by molar-refractivity contribution is 0.429. The molecule has 0 fully saturated rings. The van der Waals surface area contributed by atoms with Gasteiger partial charge in [-0.15, -0.1) is 0 Å². The van der Waals surface area contributed by atoms with E-state index in [1.165, 1.54) is 12.1 Å². The molecule has 17 heavy (non-hydrogen) atoms. The van der Waals surface area contributed by atoms with Crippen LogP contribution in [0.2, 0.25) is 5.02 Å². The summed E-state index contributed by atoms with van der Waals surface area (Å²) >= 11 is 5.64. The molecule has 0 unspecified atom stereocenters. The zero-order valence-electron chi connectivity index (χ0n) is 9.08. The number of aromatic nitrogens is 1. The Bertz CT molecular complexity index is 560. The highest BCUT2D eigenvalue weighted by Gasteiger charge is 2.10. The molecule has 0 saturated carbocycles. The van der Waals surface area contributed by atoms with Crippen molar-refractivity contribution in [3.05, 3.63) is 46.9 Å². The van der Waals surface area contributed by atoms with Crippen LogP contribution in [-0.2, 0) is 0 Å². The quantitative estimate of drug-likeness (QED) is 0.889. The number of hydrogen-bond donors (Lipinski definition) is 1. The predicted molar refractivity (Wildman–Crippen MR) is 64.9 cm³/mol. The topological polar surface area (TPSA) is 48.1 Å². The fourth-order valence-corrected chi connectivity index (χ4v) is 1.50. The summed E-state index contributed by atoms with van der Waals surface area (Å²) in [5, 5.41) is -0.00631. The van der Waals surface area contributed by atoms with Crippen molar-refractivity contribution in [3.8, 4) is 11.6 Å². The number of nitrogens with zero attached hydrogens (tertiary/aromatic N) is 1. The van der Waals surface area contributed by atoms with Gasteiger partial charge in [0.25, 0.3) is 0 Å². The zero-order chi connectivity index (χ0) is 12.4. The number of halogens is 2. The molecule has 0 aliphatic heterocycles. The second-order valence-corrected chi connectivity index (χ2v) is 3.97. The first kappa shape index (κ1) is 11.7. The van der Waals surface area contributed by atoms with Gasteiger partial charge in [0.2, 0.25) is 5.88 Å². The molecule has 2 rings (SSSR count). The van der Waals surface area contributed by atoms with Crippen LogP contribution in [0.3, 0.4) is 0 Å². The average molecular weight is 253 g/mol. The summed E-state index contributed by atoms with van der Waals surface area (Å²) in [6.45, 7) is 1.85. The number of benzene rings is 1. The van der Waals surface area contributed by atoms with Gasteiger partial charge in [-0.3, -0.25) is 0 Å². The van der Waals surface area contributed by atoms with E-state index in [-0.39, 0.29) is 16.7 Å². The monoisotopic (exact) mass is 252 g/mol. The molecule has 0 saturated heterocycles. The maximum Gasteiger partial charge on any atom is 0.242 e. The fourth-order valence-electron chi connectivity index (χ4n) is 1.33. The number of nitrogen functional groups attached to an aromatic ring is 1. The Hall–Kier alpha value is -1.81. The molecule has 2 N–H and O–H groups in total. The second kappa shape index (κ2) is 4.59. The lowest BCUT2D eigenvalue weighted by Gasteiger charge is -2.08. The van der Waals surface area contributed by atoms with Gasteiger partial charge in [-0.1, -0.05) is 17.7 Å². The first-order valence-electron chi connectivity index (χ1n) is 4.92. The van der Waals surface area contributed by atoms with Crippen LogP contribution in [0.25, 0.3) is 0 Å². The van der Waals surface area contributed by atoms with Crippen molar-refractivity contribution in [2.75, 3.05) is 5.73 Å². The molecule has 0 aliphatic rings. The van der Waals surface area contributed by atoms with Crippen LogP contribution in [0.4, 0.5) is 10.1 Å². The first-order chi connectivity index (χ1) is 8.08. The number of aryl methyl sites for hydroxylation is 1. The summed E-state index contributed by atoms with van der Waals surface area (Å²) in [6, 6.07) is 6.19. The Balaban J connectivity index is 2.35. The highest BCUT2D eigenvalue weighted by molar-refractivity contribution is 6.30. The third-order valence-electron chi connectivity index (χ3n) is 2.14. The molecule has 5 heteroatoms. The van der Waals surface area contributed by atoms with Crippen molar-refractivity contribution in [2.24, 2.45) is 0 Å². The Labute approximate surface area is 103 Å². The van der Waals surface area contributed by atoms with Gasteiger partial charge in [-0.2, -0.15) is 0 Å². The van der Waals surface area contributed by atoms with Crippen molar-refractivity contribution in [2.45, 2.75) is 6.92 Å². The highest BCUT2D eigenvalue weighted by atomic mass is 35.5. The maximum absolute atomic E-state index is 13.6. The summed E-state index contributed by atoms with van der Waals surface area (Å²) in [4.78, 5) is 3.99. The van der Waals surface area contributed by atoms with Crippen LogP contribution in [-0.4, -0.2) is 4.98 Å². The average Bonchev–Trinajstić information content (AvgIpc) is 2.28. The molecule has 1 aromatic carbocycles. The number of pyridine rings is 1. The SMILES string of the molecule is Cc1cnc(Oc2cccc(Cl)c2F)c(N)c1. The van der Waals surface area contributed by atoms with Crippen molar-refractivity contribution in [1.82, 2.24) is 4.98 Å². The number of hydrogen-bond acceptors (Lipinski definition) is 3. The zero-order valence-corrected chi connectivity index (χ0v) is 9.83. The molecule has 1 heterocycles. The van der Waals surface area contributed by atoms with Gasteiger partial charge in [0.05, 0.1) is 10.7 Å². The van der Waals surface area contributed by atoms with Gasteiger partial charge in [0, 0.05) is 6.20 Å². The van der Waals surface area contributed by atoms with Gasteiger partial charge >= 0.3 is 0 Å². The molecule has 0 bridgehead atoms.